The number of hydrogen-bond donors (Lipinski definition) is 4. The van der Waals surface area contributed by atoms with Crippen molar-refractivity contribution in [3.63, 3.8) is 0 Å². The third-order valence-electron chi connectivity index (χ3n) is 13.3. The van der Waals surface area contributed by atoms with Crippen molar-refractivity contribution in [1.82, 2.24) is 30.8 Å². The Morgan fingerprint density at radius 2 is 1.77 bits per heavy atom. The third-order valence-corrected chi connectivity index (χ3v) is 14.8. The van der Waals surface area contributed by atoms with Gasteiger partial charge in [-0.3, -0.25) is 24.6 Å². The average molecular weight is 920 g/mol. The lowest BCUT2D eigenvalue weighted by molar-refractivity contribution is -0.126. The first-order valence-electron chi connectivity index (χ1n) is 22.9. The molecule has 0 spiro atoms. The van der Waals surface area contributed by atoms with E-state index in [0.717, 1.165) is 85.9 Å². The smallest absolute Gasteiger partial charge is 0.328 e. The highest BCUT2D eigenvalue weighted by molar-refractivity contribution is 7.10. The summed E-state index contributed by atoms with van der Waals surface area (Å²) in [4.78, 5) is 65.1. The monoisotopic (exact) mass is 918 g/mol. The van der Waals surface area contributed by atoms with E-state index in [2.05, 4.69) is 70.0 Å². The summed E-state index contributed by atoms with van der Waals surface area (Å²) in [5.74, 6) is 2.74. The van der Waals surface area contributed by atoms with Crippen molar-refractivity contribution in [2.75, 3.05) is 50.6 Å². The number of anilines is 2. The number of likely N-dealkylation sites (tertiary alicyclic amines) is 1. The Morgan fingerprint density at radius 1 is 0.985 bits per heavy atom. The molecule has 8 rings (SSSR count). The van der Waals surface area contributed by atoms with Gasteiger partial charge in [0, 0.05) is 67.0 Å². The number of thiophene rings is 1. The molecular formula is C50H59ClN8O5S. The van der Waals surface area contributed by atoms with Gasteiger partial charge in [-0.05, 0) is 142 Å². The second-order valence-electron chi connectivity index (χ2n) is 17.7. The van der Waals surface area contributed by atoms with Crippen molar-refractivity contribution in [3.8, 4) is 16.9 Å². The van der Waals surface area contributed by atoms with Gasteiger partial charge in [0.2, 0.25) is 11.8 Å². The molecule has 5 aromatic rings. The maximum atomic E-state index is 13.5. The van der Waals surface area contributed by atoms with Crippen molar-refractivity contribution < 1.29 is 23.9 Å². The quantitative estimate of drug-likeness (QED) is 0.0752. The summed E-state index contributed by atoms with van der Waals surface area (Å²) in [5.41, 5.74) is 6.59. The van der Waals surface area contributed by atoms with Crippen LogP contribution >= 0.6 is 22.9 Å². The lowest BCUT2D eigenvalue weighted by atomic mass is 9.78. The largest absolute Gasteiger partial charge is 0.496 e. The molecule has 4 heterocycles. The molecule has 2 saturated heterocycles. The molecule has 2 aliphatic heterocycles. The van der Waals surface area contributed by atoms with Crippen molar-refractivity contribution in [2.24, 2.45) is 11.8 Å². The number of ether oxygens (including phenoxy) is 1. The Bertz CT molecular complexity index is 2550. The lowest BCUT2D eigenvalue weighted by Crippen LogP contribution is -2.49. The molecule has 5 amide bonds. The fourth-order valence-electron chi connectivity index (χ4n) is 9.71. The van der Waals surface area contributed by atoms with Crippen molar-refractivity contribution in [2.45, 2.75) is 90.1 Å². The zero-order valence-corrected chi connectivity index (χ0v) is 39.2. The number of nitrogens with one attached hydrogen (secondary N) is 4. The molecule has 0 bridgehead atoms. The number of methoxy groups -OCH3 is 1. The first kappa shape index (κ1) is 46.0. The molecule has 3 fully saturated rings. The number of fused-ring (bicyclic) bond motifs is 1. The summed E-state index contributed by atoms with van der Waals surface area (Å²) >= 11 is 8.16. The van der Waals surface area contributed by atoms with Crippen molar-refractivity contribution in [3.05, 3.63) is 98.5 Å². The highest BCUT2D eigenvalue weighted by Gasteiger charge is 2.31. The van der Waals surface area contributed by atoms with Crippen LogP contribution in [0.3, 0.4) is 0 Å². The predicted octanol–water partition coefficient (Wildman–Crippen LogP) is 9.39. The fourth-order valence-corrected chi connectivity index (χ4v) is 10.8. The molecule has 4 N–H and O–H groups in total. The molecule has 15 heteroatoms. The van der Waals surface area contributed by atoms with Crippen molar-refractivity contribution in [1.29, 1.82) is 0 Å². The molecule has 3 aliphatic rings. The topological polar surface area (TPSA) is 158 Å². The number of rotatable bonds is 15. The van der Waals surface area contributed by atoms with Gasteiger partial charge < -0.3 is 25.6 Å². The van der Waals surface area contributed by atoms with Gasteiger partial charge in [0.25, 0.3) is 5.91 Å². The third kappa shape index (κ3) is 10.6. The SMILES string of the molecule is CNCc1ccccc1-c1csc([C@@H](C)Nc2nc(C)nc3cc(OC)c(C4CCC(C(=O)NCCCC5CCN(C(=O)c6ccc(Cl)c(N7CCC(=O)NC7=O)c6)CC5)CC4)cc23)c1. The summed E-state index contributed by atoms with van der Waals surface area (Å²) in [5, 5.41) is 16.1. The van der Waals surface area contributed by atoms with Crippen LogP contribution in [0.25, 0.3) is 22.0 Å². The van der Waals surface area contributed by atoms with E-state index in [0.29, 0.717) is 47.7 Å². The Balaban J connectivity index is 0.811. The van der Waals surface area contributed by atoms with E-state index in [4.69, 9.17) is 26.3 Å². The summed E-state index contributed by atoms with van der Waals surface area (Å²) < 4.78 is 5.96. The van der Waals surface area contributed by atoms with Gasteiger partial charge in [0.05, 0.1) is 29.4 Å². The number of hydrogen-bond acceptors (Lipinski definition) is 10. The number of carbonyl (C=O) groups is 4. The Kier molecular flexibility index (Phi) is 14.7. The number of amides is 5. The van der Waals surface area contributed by atoms with Crippen LogP contribution in [0.4, 0.5) is 16.3 Å². The van der Waals surface area contributed by atoms with Crippen LogP contribution in [-0.2, 0) is 16.1 Å². The van der Waals surface area contributed by atoms with Crippen LogP contribution in [0, 0.1) is 18.8 Å². The van der Waals surface area contributed by atoms with E-state index in [1.165, 1.54) is 26.5 Å². The zero-order chi connectivity index (χ0) is 45.6. The van der Waals surface area contributed by atoms with Crippen LogP contribution < -0.4 is 30.9 Å². The molecule has 3 aromatic carbocycles. The number of nitrogens with zero attached hydrogens (tertiary/aromatic N) is 4. The average Bonchev–Trinajstić information content (AvgIpc) is 3.81. The molecule has 1 saturated carbocycles. The van der Waals surface area contributed by atoms with E-state index in [9.17, 15) is 19.2 Å². The molecule has 1 atom stereocenters. The first-order valence-corrected chi connectivity index (χ1v) is 24.2. The number of halogens is 1. The predicted molar refractivity (Wildman–Crippen MR) is 258 cm³/mol. The zero-order valence-electron chi connectivity index (χ0n) is 37.7. The standard InChI is InChI=1S/C50H59ClN8O5S/c1-30(45-25-37(29-65-45)38-10-6-5-9-36(38)28-52-3)54-47-40-26-39(44(64-4)27-42(40)55-31(2)56-47)33-11-13-34(14-12-33)48(61)53-20-7-8-32-17-21-58(22-18-32)49(62)35-15-16-41(51)43(24-35)59-23-19-46(60)57-50(59)63/h5-6,9-10,15-16,24-27,29-30,32-34,52H,7-8,11-14,17-23,28H2,1-4H3,(H,53,61)(H,54,55,56)(H,57,60,63)/t30-,33?,34?/m1/s1. The van der Waals surface area contributed by atoms with Gasteiger partial charge in [0.15, 0.2) is 0 Å². The Hall–Kier alpha value is -5.57. The number of benzene rings is 3. The van der Waals surface area contributed by atoms with Crippen LogP contribution in [0.15, 0.2) is 66.0 Å². The molecule has 1 aliphatic carbocycles. The molecule has 2 aromatic heterocycles. The second-order valence-corrected chi connectivity index (χ2v) is 19.0. The minimum Gasteiger partial charge on any atom is -0.496 e. The number of aromatic nitrogens is 2. The first-order chi connectivity index (χ1) is 31.5. The van der Waals surface area contributed by atoms with E-state index in [1.807, 2.05) is 24.9 Å². The minimum atomic E-state index is -0.540. The second kappa shape index (κ2) is 20.7. The number of urea groups is 1. The maximum absolute atomic E-state index is 13.5. The van der Waals surface area contributed by atoms with Crippen LogP contribution in [0.5, 0.6) is 5.75 Å². The summed E-state index contributed by atoms with van der Waals surface area (Å²) in [6, 6.07) is 19.5. The normalized spacial score (nSPS) is 18.7. The van der Waals surface area contributed by atoms with Gasteiger partial charge in [-0.1, -0.05) is 35.9 Å². The van der Waals surface area contributed by atoms with Crippen LogP contribution in [-0.4, -0.2) is 79.0 Å². The number of aryl methyl sites for hydroxylation is 1. The summed E-state index contributed by atoms with van der Waals surface area (Å²) in [6.45, 7) is 7.04. The van der Waals surface area contributed by atoms with Crippen LogP contribution in [0.1, 0.15) is 109 Å². The lowest BCUT2D eigenvalue weighted by Gasteiger charge is -2.33. The molecule has 342 valence electrons. The van der Waals surface area contributed by atoms with E-state index in [1.54, 1.807) is 36.6 Å². The van der Waals surface area contributed by atoms with E-state index in [-0.39, 0.29) is 48.6 Å². The van der Waals surface area contributed by atoms with Gasteiger partial charge in [-0.15, -0.1) is 11.3 Å². The molecule has 0 unspecified atom stereocenters. The highest BCUT2D eigenvalue weighted by Crippen LogP contribution is 2.43. The van der Waals surface area contributed by atoms with Crippen LogP contribution in [0.2, 0.25) is 5.02 Å². The fraction of sp³-hybridized carbons (Fsp3) is 0.440. The summed E-state index contributed by atoms with van der Waals surface area (Å²) in [6.07, 6.45) is 7.25. The number of carbonyl (C=O) groups excluding carboxylic acids is 4. The molecular weight excluding hydrogens is 860 g/mol. The minimum absolute atomic E-state index is 0.0166. The molecule has 13 nitrogen and oxygen atoms in total. The Labute approximate surface area is 390 Å². The Morgan fingerprint density at radius 3 is 2.52 bits per heavy atom. The maximum Gasteiger partial charge on any atom is 0.328 e. The van der Waals surface area contributed by atoms with Crippen molar-refractivity contribution >= 4 is 69.1 Å². The summed E-state index contributed by atoms with van der Waals surface area (Å²) in [7, 11) is 3.69. The van der Waals surface area contributed by atoms with Gasteiger partial charge in [0.1, 0.15) is 17.4 Å². The molecule has 65 heavy (non-hydrogen) atoms. The van der Waals surface area contributed by atoms with Gasteiger partial charge in [-0.2, -0.15) is 0 Å². The number of piperidine rings is 1. The van der Waals surface area contributed by atoms with E-state index >= 15 is 0 Å². The highest BCUT2D eigenvalue weighted by atomic mass is 35.5. The number of imide groups is 1. The molecule has 0 radical (unpaired) electrons. The van der Waals surface area contributed by atoms with Gasteiger partial charge >= 0.3 is 6.03 Å². The van der Waals surface area contributed by atoms with Gasteiger partial charge in [-0.25, -0.2) is 14.8 Å². The van der Waals surface area contributed by atoms with E-state index < -0.39 is 6.03 Å².